The van der Waals surface area contributed by atoms with Gasteiger partial charge in [0.2, 0.25) is 5.91 Å². The summed E-state index contributed by atoms with van der Waals surface area (Å²) in [6.07, 6.45) is 5.56. The number of amides is 1. The summed E-state index contributed by atoms with van der Waals surface area (Å²) in [5.41, 5.74) is 2.53. The van der Waals surface area contributed by atoms with Gasteiger partial charge in [-0.2, -0.15) is 0 Å². The average Bonchev–Trinajstić information content (AvgIpc) is 3.11. The lowest BCUT2D eigenvalue weighted by Crippen LogP contribution is -2.43. The number of aromatic nitrogens is 2. The van der Waals surface area contributed by atoms with Gasteiger partial charge >= 0.3 is 0 Å². The van der Waals surface area contributed by atoms with Gasteiger partial charge in [0.15, 0.2) is 5.78 Å². The highest BCUT2D eigenvalue weighted by Gasteiger charge is 2.29. The van der Waals surface area contributed by atoms with Crippen molar-refractivity contribution in [2.24, 2.45) is 5.92 Å². The zero-order valence-electron chi connectivity index (χ0n) is 14.5. The van der Waals surface area contributed by atoms with E-state index in [1.807, 2.05) is 41.4 Å². The molecule has 4 rings (SSSR count). The number of pyridine rings is 1. The number of likely N-dealkylation sites (tertiary alicyclic amines) is 1. The van der Waals surface area contributed by atoms with Crippen LogP contribution in [-0.2, 0) is 11.2 Å². The number of hydrogen-bond acceptors (Lipinski definition) is 3. The van der Waals surface area contributed by atoms with Crippen molar-refractivity contribution in [2.45, 2.75) is 19.3 Å². The summed E-state index contributed by atoms with van der Waals surface area (Å²) in [5, 5.41) is 1.08. The number of Topliss-reactive ketones (excluding diaryl/α,β-unsaturated/α-hetero) is 1. The van der Waals surface area contributed by atoms with Crippen LogP contribution in [0.4, 0.5) is 0 Å². The molecule has 0 radical (unpaired) electrons. The fourth-order valence-electron chi connectivity index (χ4n) is 3.69. The van der Waals surface area contributed by atoms with Gasteiger partial charge in [0.1, 0.15) is 5.69 Å². The highest BCUT2D eigenvalue weighted by molar-refractivity contribution is 5.96. The van der Waals surface area contributed by atoms with Gasteiger partial charge in [0.05, 0.1) is 6.42 Å². The lowest BCUT2D eigenvalue weighted by atomic mass is 9.91. The monoisotopic (exact) mass is 347 g/mol. The molecule has 1 unspecified atom stereocenters. The topological polar surface area (TPSA) is 66.1 Å². The number of nitrogens with one attached hydrogen (secondary N) is 1. The highest BCUT2D eigenvalue weighted by atomic mass is 16.2. The van der Waals surface area contributed by atoms with Crippen LogP contribution in [0, 0.1) is 5.92 Å². The fourth-order valence-corrected chi connectivity index (χ4v) is 3.69. The standard InChI is InChI=1S/C21H21N3O2/c25-20(12-16-13-23-18-8-2-1-7-17(16)18)24-11-5-6-15(14-24)21(26)19-9-3-4-10-22-19/h1-4,7-10,13,15,23H,5-6,11-12,14H2. The van der Waals surface area contributed by atoms with Crippen LogP contribution in [0.1, 0.15) is 28.9 Å². The minimum absolute atomic E-state index is 0.0372. The predicted octanol–water partition coefficient (Wildman–Crippen LogP) is 3.23. The number of H-pyrrole nitrogens is 1. The zero-order valence-corrected chi connectivity index (χ0v) is 14.5. The van der Waals surface area contributed by atoms with Gasteiger partial charge in [0.25, 0.3) is 0 Å². The summed E-state index contributed by atoms with van der Waals surface area (Å²) in [6.45, 7) is 1.20. The average molecular weight is 347 g/mol. The second kappa shape index (κ2) is 7.12. The minimum Gasteiger partial charge on any atom is -0.361 e. The molecule has 1 aromatic carbocycles. The maximum absolute atomic E-state index is 12.8. The van der Waals surface area contributed by atoms with Crippen LogP contribution in [0.2, 0.25) is 0 Å². The largest absolute Gasteiger partial charge is 0.361 e. The molecule has 2 aromatic heterocycles. The molecule has 0 aliphatic carbocycles. The maximum atomic E-state index is 12.8. The SMILES string of the molecule is O=C(c1ccccn1)C1CCCN(C(=O)Cc2c[nH]c3ccccc23)C1. The number of nitrogens with zero attached hydrogens (tertiary/aromatic N) is 2. The molecule has 1 atom stereocenters. The molecule has 1 aliphatic rings. The number of carbonyl (C=O) groups excluding carboxylic acids is 2. The van der Waals surface area contributed by atoms with E-state index in [1.54, 1.807) is 18.3 Å². The second-order valence-electron chi connectivity index (χ2n) is 6.79. The van der Waals surface area contributed by atoms with E-state index in [0.717, 1.165) is 29.3 Å². The van der Waals surface area contributed by atoms with Crippen LogP contribution in [0.15, 0.2) is 54.9 Å². The van der Waals surface area contributed by atoms with Crippen molar-refractivity contribution in [2.75, 3.05) is 13.1 Å². The molecule has 26 heavy (non-hydrogen) atoms. The lowest BCUT2D eigenvalue weighted by Gasteiger charge is -2.32. The first-order valence-corrected chi connectivity index (χ1v) is 9.00. The van der Waals surface area contributed by atoms with E-state index in [4.69, 9.17) is 0 Å². The number of ketones is 1. The summed E-state index contributed by atoms with van der Waals surface area (Å²) in [6, 6.07) is 13.4. The first-order chi connectivity index (χ1) is 12.7. The Labute approximate surface area is 152 Å². The quantitative estimate of drug-likeness (QED) is 0.737. The normalized spacial score (nSPS) is 17.4. The van der Waals surface area contributed by atoms with Crippen LogP contribution in [0.25, 0.3) is 10.9 Å². The van der Waals surface area contributed by atoms with Crippen LogP contribution >= 0.6 is 0 Å². The van der Waals surface area contributed by atoms with Crippen LogP contribution < -0.4 is 0 Å². The van der Waals surface area contributed by atoms with Crippen molar-refractivity contribution < 1.29 is 9.59 Å². The number of rotatable bonds is 4. The number of benzene rings is 1. The van der Waals surface area contributed by atoms with E-state index in [2.05, 4.69) is 9.97 Å². The minimum atomic E-state index is -0.162. The third-order valence-corrected chi connectivity index (χ3v) is 5.08. The predicted molar refractivity (Wildman–Crippen MR) is 99.9 cm³/mol. The fraction of sp³-hybridized carbons (Fsp3) is 0.286. The van der Waals surface area contributed by atoms with Gasteiger partial charge < -0.3 is 9.88 Å². The number of para-hydroxylation sites is 1. The van der Waals surface area contributed by atoms with E-state index >= 15 is 0 Å². The van der Waals surface area contributed by atoms with Crippen molar-refractivity contribution in [3.8, 4) is 0 Å². The summed E-state index contributed by atoms with van der Waals surface area (Å²) < 4.78 is 0. The smallest absolute Gasteiger partial charge is 0.227 e. The highest BCUT2D eigenvalue weighted by Crippen LogP contribution is 2.23. The first kappa shape index (κ1) is 16.5. The van der Waals surface area contributed by atoms with E-state index in [1.165, 1.54) is 0 Å². The summed E-state index contributed by atoms with van der Waals surface area (Å²) >= 11 is 0. The molecule has 3 aromatic rings. The Kier molecular flexibility index (Phi) is 4.52. The Morgan fingerprint density at radius 1 is 1.15 bits per heavy atom. The Balaban J connectivity index is 1.46. The first-order valence-electron chi connectivity index (χ1n) is 9.00. The Morgan fingerprint density at radius 2 is 2.00 bits per heavy atom. The summed E-state index contributed by atoms with van der Waals surface area (Å²) in [5.74, 6) is -0.0472. The van der Waals surface area contributed by atoms with E-state index < -0.39 is 0 Å². The molecule has 1 aliphatic heterocycles. The molecule has 0 saturated carbocycles. The second-order valence-corrected chi connectivity index (χ2v) is 6.79. The Morgan fingerprint density at radius 3 is 2.85 bits per heavy atom. The van der Waals surface area contributed by atoms with Gasteiger partial charge in [-0.25, -0.2) is 0 Å². The van der Waals surface area contributed by atoms with Crippen LogP contribution in [-0.4, -0.2) is 39.6 Å². The molecular formula is C21H21N3O2. The number of hydrogen-bond donors (Lipinski definition) is 1. The van der Waals surface area contributed by atoms with Gasteiger partial charge in [0, 0.05) is 42.3 Å². The van der Waals surface area contributed by atoms with Gasteiger partial charge in [-0.05, 0) is 36.6 Å². The van der Waals surface area contributed by atoms with Crippen molar-refractivity contribution >= 4 is 22.6 Å². The molecule has 1 saturated heterocycles. The van der Waals surface area contributed by atoms with Gasteiger partial charge in [-0.15, -0.1) is 0 Å². The molecule has 5 heteroatoms. The molecule has 1 amide bonds. The summed E-state index contributed by atoms with van der Waals surface area (Å²) in [4.78, 5) is 34.7. The van der Waals surface area contributed by atoms with Crippen LogP contribution in [0.5, 0.6) is 0 Å². The maximum Gasteiger partial charge on any atom is 0.227 e. The number of piperidine rings is 1. The van der Waals surface area contributed by atoms with Gasteiger partial charge in [-0.1, -0.05) is 24.3 Å². The molecular weight excluding hydrogens is 326 g/mol. The summed E-state index contributed by atoms with van der Waals surface area (Å²) in [7, 11) is 0. The zero-order chi connectivity index (χ0) is 17.9. The van der Waals surface area contributed by atoms with E-state index in [0.29, 0.717) is 25.2 Å². The van der Waals surface area contributed by atoms with Crippen molar-refractivity contribution in [3.63, 3.8) is 0 Å². The number of fused-ring (bicyclic) bond motifs is 1. The molecule has 0 bridgehead atoms. The number of carbonyl (C=O) groups is 2. The van der Waals surface area contributed by atoms with E-state index in [-0.39, 0.29) is 17.6 Å². The lowest BCUT2D eigenvalue weighted by molar-refractivity contribution is -0.131. The molecule has 1 fully saturated rings. The molecule has 3 heterocycles. The van der Waals surface area contributed by atoms with E-state index in [9.17, 15) is 9.59 Å². The molecule has 5 nitrogen and oxygen atoms in total. The van der Waals surface area contributed by atoms with Crippen molar-refractivity contribution in [3.05, 3.63) is 66.1 Å². The van der Waals surface area contributed by atoms with Gasteiger partial charge in [-0.3, -0.25) is 14.6 Å². The number of aromatic amines is 1. The third kappa shape index (κ3) is 3.25. The van der Waals surface area contributed by atoms with Crippen molar-refractivity contribution in [1.29, 1.82) is 0 Å². The molecule has 1 N–H and O–H groups in total. The Bertz CT molecular complexity index is 933. The van der Waals surface area contributed by atoms with Crippen LogP contribution in [0.3, 0.4) is 0 Å². The molecule has 132 valence electrons. The Hall–Kier alpha value is -2.95. The van der Waals surface area contributed by atoms with Crippen molar-refractivity contribution in [1.82, 2.24) is 14.9 Å². The molecule has 0 spiro atoms. The third-order valence-electron chi connectivity index (χ3n) is 5.08.